The van der Waals surface area contributed by atoms with Crippen molar-refractivity contribution in [1.82, 2.24) is 9.80 Å². The molecule has 4 atom stereocenters. The van der Waals surface area contributed by atoms with Gasteiger partial charge < -0.3 is 18.9 Å². The lowest BCUT2D eigenvalue weighted by Crippen LogP contribution is -2.45. The van der Waals surface area contributed by atoms with Gasteiger partial charge in [-0.1, -0.05) is 0 Å². The van der Waals surface area contributed by atoms with Crippen LogP contribution in [0.4, 0.5) is 0 Å². The van der Waals surface area contributed by atoms with Crippen LogP contribution in [0.5, 0.6) is 0 Å². The van der Waals surface area contributed by atoms with Crippen LogP contribution in [-0.4, -0.2) is 99.9 Å². The minimum Gasteiger partial charge on any atom is -0.376 e. The van der Waals surface area contributed by atoms with Crippen LogP contribution < -0.4 is 0 Å². The summed E-state index contributed by atoms with van der Waals surface area (Å²) in [5.41, 5.74) is 0. The average molecular weight is 505 g/mol. The lowest BCUT2D eigenvalue weighted by molar-refractivity contribution is -0.00830. The molecule has 0 aromatic rings. The Morgan fingerprint density at radius 1 is 0.472 bits per heavy atom. The minimum absolute atomic E-state index is 0.0421. The van der Waals surface area contributed by atoms with Gasteiger partial charge in [0.2, 0.25) is 0 Å². The van der Waals surface area contributed by atoms with E-state index in [4.69, 9.17) is 40.0 Å². The molecule has 0 radical (unpaired) electrons. The predicted molar refractivity (Wildman–Crippen MR) is 135 cm³/mol. The molecule has 0 aliphatic carbocycles. The smallest absolute Gasteiger partial charge is 0.0674 e. The van der Waals surface area contributed by atoms with Gasteiger partial charge >= 0.3 is 0 Å². The van der Waals surface area contributed by atoms with Gasteiger partial charge in [-0.2, -0.15) is 21.0 Å². The standard InChI is InChI=1S/C26H44N6O4/c1-23(33-15-5-9-27)19-31(20-24(2)34-16-6-10-28)13-14-32(21-25(3)35-17-7-11-29)22-26(4)36-18-8-12-30/h23-26H,5-8,13-22H2,1-4H3. The van der Waals surface area contributed by atoms with Crippen molar-refractivity contribution in [3.8, 4) is 24.3 Å². The first-order valence-electron chi connectivity index (χ1n) is 12.7. The molecule has 0 rings (SSSR count). The van der Waals surface area contributed by atoms with Gasteiger partial charge in [-0.15, -0.1) is 0 Å². The van der Waals surface area contributed by atoms with E-state index in [2.05, 4.69) is 34.1 Å². The largest absolute Gasteiger partial charge is 0.376 e. The van der Waals surface area contributed by atoms with E-state index in [9.17, 15) is 0 Å². The average Bonchev–Trinajstić information content (AvgIpc) is 2.83. The Labute approximate surface area is 217 Å². The zero-order chi connectivity index (χ0) is 27.0. The molecule has 0 aromatic carbocycles. The van der Waals surface area contributed by atoms with E-state index in [0.29, 0.717) is 78.3 Å². The van der Waals surface area contributed by atoms with Crippen molar-refractivity contribution in [2.24, 2.45) is 0 Å². The Balaban J connectivity index is 5.14. The first-order valence-corrected chi connectivity index (χ1v) is 12.7. The van der Waals surface area contributed by atoms with Gasteiger partial charge in [0, 0.05) is 39.3 Å². The number of ether oxygens (including phenoxy) is 4. The van der Waals surface area contributed by atoms with Crippen molar-refractivity contribution in [2.75, 3.05) is 65.7 Å². The molecule has 0 fully saturated rings. The van der Waals surface area contributed by atoms with Gasteiger partial charge in [-0.05, 0) is 27.7 Å². The quantitative estimate of drug-likeness (QED) is 0.191. The number of hydrogen-bond acceptors (Lipinski definition) is 10. The molecule has 0 spiro atoms. The summed E-state index contributed by atoms with van der Waals surface area (Å²) in [6.07, 6.45) is 1.27. The summed E-state index contributed by atoms with van der Waals surface area (Å²) < 4.78 is 23.1. The molecule has 0 aliphatic heterocycles. The molecule has 0 aromatic heterocycles. The molecule has 0 amide bonds. The summed E-state index contributed by atoms with van der Waals surface area (Å²) in [5.74, 6) is 0. The van der Waals surface area contributed by atoms with Crippen molar-refractivity contribution >= 4 is 0 Å². The van der Waals surface area contributed by atoms with E-state index in [0.717, 1.165) is 13.1 Å². The van der Waals surface area contributed by atoms with Crippen LogP contribution in [0, 0.1) is 45.3 Å². The molecule has 0 heterocycles. The fourth-order valence-electron chi connectivity index (χ4n) is 3.69. The summed E-state index contributed by atoms with van der Waals surface area (Å²) in [5, 5.41) is 35.1. The van der Waals surface area contributed by atoms with Gasteiger partial charge in [0.15, 0.2) is 0 Å². The van der Waals surface area contributed by atoms with Gasteiger partial charge in [0.1, 0.15) is 0 Å². The maximum absolute atomic E-state index is 8.77. The number of nitrogens with zero attached hydrogens (tertiary/aromatic N) is 6. The Morgan fingerprint density at radius 3 is 0.889 bits per heavy atom. The molecular formula is C26H44N6O4. The van der Waals surface area contributed by atoms with Gasteiger partial charge in [-0.25, -0.2) is 0 Å². The van der Waals surface area contributed by atoms with E-state index in [1.807, 2.05) is 27.7 Å². The Bertz CT molecular complexity index is 595. The predicted octanol–water partition coefficient (Wildman–Crippen LogP) is 2.87. The van der Waals surface area contributed by atoms with Crippen molar-refractivity contribution in [2.45, 2.75) is 77.8 Å². The van der Waals surface area contributed by atoms with Crippen LogP contribution in [-0.2, 0) is 18.9 Å². The fraction of sp³-hybridized carbons (Fsp3) is 0.846. The normalized spacial score (nSPS) is 14.4. The SMILES string of the molecule is CC(CN(CCN(CC(C)OCCC#N)CC(C)OCCC#N)CC(C)OCCC#N)OCCC#N. The van der Waals surface area contributed by atoms with Crippen LogP contribution in [0.15, 0.2) is 0 Å². The Kier molecular flexibility index (Phi) is 21.7. The third-order valence-electron chi connectivity index (χ3n) is 5.26. The summed E-state index contributed by atoms with van der Waals surface area (Å²) in [6.45, 7) is 13.9. The van der Waals surface area contributed by atoms with Crippen LogP contribution in [0.2, 0.25) is 0 Å². The second-order valence-electron chi connectivity index (χ2n) is 8.88. The second kappa shape index (κ2) is 23.1. The summed E-state index contributed by atoms with van der Waals surface area (Å²) in [7, 11) is 0. The molecule has 0 aliphatic rings. The highest BCUT2D eigenvalue weighted by Gasteiger charge is 2.19. The van der Waals surface area contributed by atoms with E-state index in [1.165, 1.54) is 0 Å². The highest BCUT2D eigenvalue weighted by Crippen LogP contribution is 2.07. The molecular weight excluding hydrogens is 460 g/mol. The molecule has 36 heavy (non-hydrogen) atoms. The van der Waals surface area contributed by atoms with Crippen LogP contribution >= 0.6 is 0 Å². The Hall–Kier alpha value is -2.28. The lowest BCUT2D eigenvalue weighted by atomic mass is 10.2. The van der Waals surface area contributed by atoms with E-state index >= 15 is 0 Å². The van der Waals surface area contributed by atoms with Gasteiger partial charge in [0.05, 0.1) is 101 Å². The maximum Gasteiger partial charge on any atom is 0.0674 e. The van der Waals surface area contributed by atoms with Crippen molar-refractivity contribution in [3.63, 3.8) is 0 Å². The topological polar surface area (TPSA) is 139 Å². The van der Waals surface area contributed by atoms with Crippen molar-refractivity contribution < 1.29 is 18.9 Å². The molecule has 0 saturated heterocycles. The second-order valence-corrected chi connectivity index (χ2v) is 8.88. The van der Waals surface area contributed by atoms with Crippen LogP contribution in [0.1, 0.15) is 53.4 Å². The lowest BCUT2D eigenvalue weighted by Gasteiger charge is -2.33. The van der Waals surface area contributed by atoms with Crippen molar-refractivity contribution in [1.29, 1.82) is 21.0 Å². The molecule has 10 nitrogen and oxygen atoms in total. The third kappa shape index (κ3) is 20.0. The first kappa shape index (κ1) is 33.7. The highest BCUT2D eigenvalue weighted by molar-refractivity contribution is 4.75. The van der Waals surface area contributed by atoms with Crippen molar-refractivity contribution in [3.05, 3.63) is 0 Å². The van der Waals surface area contributed by atoms with E-state index < -0.39 is 0 Å². The highest BCUT2D eigenvalue weighted by atomic mass is 16.5. The minimum atomic E-state index is -0.0421. The molecule has 0 bridgehead atoms. The first-order chi connectivity index (χ1) is 17.4. The fourth-order valence-corrected chi connectivity index (χ4v) is 3.69. The van der Waals surface area contributed by atoms with Crippen LogP contribution in [0.3, 0.4) is 0 Å². The zero-order valence-corrected chi connectivity index (χ0v) is 22.5. The number of hydrogen-bond donors (Lipinski definition) is 0. The summed E-state index contributed by atoms with van der Waals surface area (Å²) >= 11 is 0. The van der Waals surface area contributed by atoms with Gasteiger partial charge in [0.25, 0.3) is 0 Å². The number of nitriles is 4. The molecule has 10 heteroatoms. The molecule has 0 N–H and O–H groups in total. The molecule has 202 valence electrons. The number of rotatable bonds is 23. The van der Waals surface area contributed by atoms with Gasteiger partial charge in [-0.3, -0.25) is 9.80 Å². The third-order valence-corrected chi connectivity index (χ3v) is 5.26. The van der Waals surface area contributed by atoms with E-state index in [-0.39, 0.29) is 24.4 Å². The van der Waals surface area contributed by atoms with Crippen LogP contribution in [0.25, 0.3) is 0 Å². The Morgan fingerprint density at radius 2 is 0.694 bits per heavy atom. The zero-order valence-electron chi connectivity index (χ0n) is 22.5. The summed E-state index contributed by atoms with van der Waals surface area (Å²) in [4.78, 5) is 4.56. The summed E-state index contributed by atoms with van der Waals surface area (Å²) in [6, 6.07) is 8.40. The maximum atomic E-state index is 8.77. The van der Waals surface area contributed by atoms with E-state index in [1.54, 1.807) is 0 Å². The molecule has 0 saturated carbocycles. The monoisotopic (exact) mass is 504 g/mol. The molecule has 4 unspecified atom stereocenters.